The summed E-state index contributed by atoms with van der Waals surface area (Å²) in [6, 6.07) is 4.59. The van der Waals surface area contributed by atoms with Crippen LogP contribution in [-0.4, -0.2) is 74.1 Å². The van der Waals surface area contributed by atoms with Gasteiger partial charge in [-0.3, -0.25) is 14.8 Å². The van der Waals surface area contributed by atoms with E-state index in [1.807, 2.05) is 18.6 Å². The van der Waals surface area contributed by atoms with Crippen molar-refractivity contribution in [1.29, 1.82) is 0 Å². The average Bonchev–Trinajstić information content (AvgIpc) is 3.14. The van der Waals surface area contributed by atoms with Gasteiger partial charge < -0.3 is 14.6 Å². The molecule has 2 aliphatic rings. The quantitative estimate of drug-likeness (QED) is 0.768. The summed E-state index contributed by atoms with van der Waals surface area (Å²) in [6.45, 7) is 9.02. The fraction of sp³-hybridized carbons (Fsp3) is 0.636. The third kappa shape index (κ3) is 4.53. The molecule has 2 aromatic rings. The van der Waals surface area contributed by atoms with Gasteiger partial charge in [-0.25, -0.2) is 4.98 Å². The normalized spacial score (nSPS) is 20.9. The standard InChI is InChI=1S/C22H34N6O/c1-3-27(20-8-4-6-18-7-5-9-23-22(18)20)14-19-21(15-29)28(16-24-19)17-26-12-10-25(2)11-13-26/h5,7,9,16,20,29H,3-4,6,8,10-15,17H2,1-2H3/t20-/m0/s1. The Bertz CT molecular complexity index is 798. The molecule has 1 fully saturated rings. The van der Waals surface area contributed by atoms with Crippen molar-refractivity contribution in [2.75, 3.05) is 39.8 Å². The minimum atomic E-state index is 0.0279. The molecule has 1 aliphatic carbocycles. The smallest absolute Gasteiger partial charge is 0.0964 e. The van der Waals surface area contributed by atoms with Crippen LogP contribution in [0.4, 0.5) is 0 Å². The summed E-state index contributed by atoms with van der Waals surface area (Å²) >= 11 is 0. The second kappa shape index (κ2) is 9.34. The number of aromatic nitrogens is 3. The van der Waals surface area contributed by atoms with E-state index in [-0.39, 0.29) is 6.61 Å². The van der Waals surface area contributed by atoms with E-state index in [4.69, 9.17) is 9.97 Å². The number of aliphatic hydroxyl groups excluding tert-OH is 1. The predicted octanol–water partition coefficient (Wildman–Crippen LogP) is 1.87. The summed E-state index contributed by atoms with van der Waals surface area (Å²) in [6.07, 6.45) is 7.27. The number of hydrogen-bond acceptors (Lipinski definition) is 6. The lowest BCUT2D eigenvalue weighted by Crippen LogP contribution is -2.45. The number of nitrogens with zero attached hydrogens (tertiary/aromatic N) is 6. The van der Waals surface area contributed by atoms with Crippen molar-refractivity contribution in [3.8, 4) is 0 Å². The van der Waals surface area contributed by atoms with E-state index in [1.54, 1.807) is 0 Å². The molecule has 4 rings (SSSR count). The average molecular weight is 399 g/mol. The lowest BCUT2D eigenvalue weighted by molar-refractivity contribution is 0.121. The first kappa shape index (κ1) is 20.5. The monoisotopic (exact) mass is 398 g/mol. The molecule has 158 valence electrons. The van der Waals surface area contributed by atoms with Gasteiger partial charge in [-0.05, 0) is 44.5 Å². The summed E-state index contributed by atoms with van der Waals surface area (Å²) < 4.78 is 2.13. The molecule has 0 aromatic carbocycles. The highest BCUT2D eigenvalue weighted by atomic mass is 16.3. The Morgan fingerprint density at radius 2 is 2.03 bits per heavy atom. The first-order valence-electron chi connectivity index (χ1n) is 10.9. The predicted molar refractivity (Wildman–Crippen MR) is 113 cm³/mol. The molecule has 0 radical (unpaired) electrons. The highest BCUT2D eigenvalue weighted by Gasteiger charge is 2.27. The van der Waals surface area contributed by atoms with E-state index in [2.05, 4.69) is 39.3 Å². The van der Waals surface area contributed by atoms with Crippen LogP contribution >= 0.6 is 0 Å². The molecule has 1 atom stereocenters. The molecule has 1 N–H and O–H groups in total. The molecule has 1 aliphatic heterocycles. The lowest BCUT2D eigenvalue weighted by Gasteiger charge is -2.34. The zero-order chi connectivity index (χ0) is 20.2. The molecule has 29 heavy (non-hydrogen) atoms. The minimum absolute atomic E-state index is 0.0279. The van der Waals surface area contributed by atoms with Crippen molar-refractivity contribution in [3.05, 3.63) is 47.3 Å². The van der Waals surface area contributed by atoms with E-state index < -0.39 is 0 Å². The summed E-state index contributed by atoms with van der Waals surface area (Å²) in [7, 11) is 2.17. The second-order valence-corrected chi connectivity index (χ2v) is 8.35. The summed E-state index contributed by atoms with van der Waals surface area (Å²) in [5.41, 5.74) is 4.54. The van der Waals surface area contributed by atoms with E-state index in [0.717, 1.165) is 70.2 Å². The number of aliphatic hydroxyl groups is 1. The van der Waals surface area contributed by atoms with Gasteiger partial charge in [0.05, 0.1) is 42.7 Å². The molecule has 0 saturated carbocycles. The first-order valence-corrected chi connectivity index (χ1v) is 10.9. The Kier molecular flexibility index (Phi) is 6.60. The van der Waals surface area contributed by atoms with Crippen LogP contribution in [-0.2, 0) is 26.2 Å². The van der Waals surface area contributed by atoms with E-state index in [9.17, 15) is 5.11 Å². The van der Waals surface area contributed by atoms with Crippen LogP contribution in [0.1, 0.15) is 48.5 Å². The topological polar surface area (TPSA) is 60.7 Å². The highest BCUT2D eigenvalue weighted by molar-refractivity contribution is 5.26. The van der Waals surface area contributed by atoms with Gasteiger partial charge in [-0.15, -0.1) is 0 Å². The molecular formula is C22H34N6O. The van der Waals surface area contributed by atoms with Gasteiger partial charge in [0.1, 0.15) is 0 Å². The van der Waals surface area contributed by atoms with Crippen molar-refractivity contribution in [2.45, 2.75) is 52.0 Å². The molecule has 0 unspecified atom stereocenters. The largest absolute Gasteiger partial charge is 0.390 e. The van der Waals surface area contributed by atoms with Crippen LogP contribution < -0.4 is 0 Å². The van der Waals surface area contributed by atoms with Gasteiger partial charge >= 0.3 is 0 Å². The maximum Gasteiger partial charge on any atom is 0.0964 e. The van der Waals surface area contributed by atoms with Gasteiger partial charge in [-0.2, -0.15) is 0 Å². The maximum atomic E-state index is 10.1. The number of piperazine rings is 1. The van der Waals surface area contributed by atoms with Crippen molar-refractivity contribution in [1.82, 2.24) is 29.2 Å². The zero-order valence-electron chi connectivity index (χ0n) is 17.8. The number of pyridine rings is 1. The highest BCUT2D eigenvalue weighted by Crippen LogP contribution is 2.33. The summed E-state index contributed by atoms with van der Waals surface area (Å²) in [5, 5.41) is 10.1. The van der Waals surface area contributed by atoms with Crippen molar-refractivity contribution in [3.63, 3.8) is 0 Å². The number of rotatable bonds is 7. The molecule has 1 saturated heterocycles. The van der Waals surface area contributed by atoms with Crippen LogP contribution in [0.5, 0.6) is 0 Å². The van der Waals surface area contributed by atoms with Gasteiger partial charge in [0.25, 0.3) is 0 Å². The fourth-order valence-electron chi connectivity index (χ4n) is 4.67. The number of aryl methyl sites for hydroxylation is 1. The molecule has 2 aromatic heterocycles. The lowest BCUT2D eigenvalue weighted by atomic mass is 9.90. The molecule has 7 heteroatoms. The molecular weight excluding hydrogens is 364 g/mol. The van der Waals surface area contributed by atoms with Gasteiger partial charge in [0, 0.05) is 38.9 Å². The Morgan fingerprint density at radius 3 is 2.79 bits per heavy atom. The van der Waals surface area contributed by atoms with Gasteiger partial charge in [0.15, 0.2) is 0 Å². The van der Waals surface area contributed by atoms with Crippen molar-refractivity contribution >= 4 is 0 Å². The van der Waals surface area contributed by atoms with E-state index in [0.29, 0.717) is 6.04 Å². The summed E-state index contributed by atoms with van der Waals surface area (Å²) in [5.74, 6) is 0. The first-order chi connectivity index (χ1) is 14.2. The number of hydrogen-bond donors (Lipinski definition) is 1. The third-order valence-corrected chi connectivity index (χ3v) is 6.50. The Balaban J connectivity index is 1.49. The van der Waals surface area contributed by atoms with Crippen LogP contribution in [0.15, 0.2) is 24.7 Å². The third-order valence-electron chi connectivity index (χ3n) is 6.50. The van der Waals surface area contributed by atoms with E-state index >= 15 is 0 Å². The van der Waals surface area contributed by atoms with Crippen LogP contribution in [0.25, 0.3) is 0 Å². The number of fused-ring (bicyclic) bond motifs is 1. The SMILES string of the molecule is CCN(Cc1ncn(CN2CCN(C)CC2)c1CO)[C@H]1CCCc2cccnc21. The Hall–Kier alpha value is -1.80. The zero-order valence-corrected chi connectivity index (χ0v) is 17.8. The van der Waals surface area contributed by atoms with E-state index in [1.165, 1.54) is 17.7 Å². The molecule has 0 amide bonds. The minimum Gasteiger partial charge on any atom is -0.390 e. The molecule has 0 bridgehead atoms. The van der Waals surface area contributed by atoms with Crippen LogP contribution in [0, 0.1) is 0 Å². The molecule has 0 spiro atoms. The number of imidazole rings is 1. The number of likely N-dealkylation sites (N-methyl/N-ethyl adjacent to an activating group) is 1. The Morgan fingerprint density at radius 1 is 1.21 bits per heavy atom. The van der Waals surface area contributed by atoms with Gasteiger partial charge in [-0.1, -0.05) is 13.0 Å². The summed E-state index contributed by atoms with van der Waals surface area (Å²) in [4.78, 5) is 16.7. The Labute approximate surface area is 174 Å². The molecule has 7 nitrogen and oxygen atoms in total. The fourth-order valence-corrected chi connectivity index (χ4v) is 4.67. The molecule has 3 heterocycles. The van der Waals surface area contributed by atoms with Crippen LogP contribution in [0.3, 0.4) is 0 Å². The van der Waals surface area contributed by atoms with Crippen LogP contribution in [0.2, 0.25) is 0 Å². The van der Waals surface area contributed by atoms with Crippen molar-refractivity contribution in [2.24, 2.45) is 0 Å². The van der Waals surface area contributed by atoms with Gasteiger partial charge in [0.2, 0.25) is 0 Å². The second-order valence-electron chi connectivity index (χ2n) is 8.35. The van der Waals surface area contributed by atoms with Crippen molar-refractivity contribution < 1.29 is 5.11 Å². The maximum absolute atomic E-state index is 10.1.